The molecule has 0 aliphatic rings. The smallest absolute Gasteiger partial charge is 0.174 e. The molecule has 1 N–H and O–H groups in total. The van der Waals surface area contributed by atoms with E-state index in [1.165, 1.54) is 0 Å². The molecule has 1 aromatic heterocycles. The minimum Gasteiger partial charge on any atom is -0.479 e. The molecule has 20 heavy (non-hydrogen) atoms. The number of ether oxygens (including phenoxy) is 1. The number of rotatable bonds is 7. The highest BCUT2D eigenvalue weighted by atomic mass is 16.5. The van der Waals surface area contributed by atoms with Gasteiger partial charge in [-0.25, -0.2) is 4.98 Å². The number of imidazole rings is 1. The van der Waals surface area contributed by atoms with E-state index in [1.807, 2.05) is 42.7 Å². The van der Waals surface area contributed by atoms with E-state index in [-0.39, 0.29) is 6.61 Å². The van der Waals surface area contributed by atoms with E-state index in [9.17, 15) is 0 Å². The fourth-order valence-electron chi connectivity index (χ4n) is 1.92. The number of nitrogens with one attached hydrogen (secondary N) is 1. The van der Waals surface area contributed by atoms with Gasteiger partial charge in [-0.15, -0.1) is 0 Å². The van der Waals surface area contributed by atoms with Crippen molar-refractivity contribution >= 4 is 5.69 Å². The third kappa shape index (κ3) is 3.75. The van der Waals surface area contributed by atoms with Gasteiger partial charge in [0.1, 0.15) is 17.6 Å². The lowest BCUT2D eigenvalue weighted by molar-refractivity contribution is 0.368. The van der Waals surface area contributed by atoms with Crippen LogP contribution in [0, 0.1) is 11.3 Å². The monoisotopic (exact) mass is 270 g/mol. The molecule has 0 spiro atoms. The van der Waals surface area contributed by atoms with Crippen molar-refractivity contribution in [3.63, 3.8) is 0 Å². The van der Waals surface area contributed by atoms with Crippen molar-refractivity contribution < 1.29 is 4.74 Å². The summed E-state index contributed by atoms with van der Waals surface area (Å²) in [7, 11) is 0. The third-order valence-corrected chi connectivity index (χ3v) is 2.87. The molecule has 0 aliphatic heterocycles. The molecule has 0 fully saturated rings. The van der Waals surface area contributed by atoms with E-state index >= 15 is 0 Å². The summed E-state index contributed by atoms with van der Waals surface area (Å²) in [6.45, 7) is 3.89. The van der Waals surface area contributed by atoms with Crippen molar-refractivity contribution in [2.45, 2.75) is 26.4 Å². The molecular weight excluding hydrogens is 252 g/mol. The summed E-state index contributed by atoms with van der Waals surface area (Å²) in [5.41, 5.74) is 1.00. The third-order valence-electron chi connectivity index (χ3n) is 2.87. The average molecular weight is 270 g/mol. The number of hydrogen-bond donors (Lipinski definition) is 1. The minimum absolute atomic E-state index is 0.0707. The zero-order valence-corrected chi connectivity index (χ0v) is 11.5. The van der Waals surface area contributed by atoms with Crippen molar-refractivity contribution in [1.29, 1.82) is 5.26 Å². The number of anilines is 1. The van der Waals surface area contributed by atoms with Gasteiger partial charge < -0.3 is 14.6 Å². The molecule has 1 aromatic carbocycles. The fraction of sp³-hybridized carbons (Fsp3) is 0.333. The van der Waals surface area contributed by atoms with Gasteiger partial charge in [-0.05, 0) is 30.7 Å². The van der Waals surface area contributed by atoms with Crippen molar-refractivity contribution in [2.24, 2.45) is 0 Å². The van der Waals surface area contributed by atoms with Crippen LogP contribution in [0.25, 0.3) is 0 Å². The lowest BCUT2D eigenvalue weighted by atomic mass is 10.3. The number of aromatic nitrogens is 2. The van der Waals surface area contributed by atoms with Crippen LogP contribution in [-0.4, -0.2) is 16.2 Å². The summed E-state index contributed by atoms with van der Waals surface area (Å²) in [5, 5.41) is 11.8. The first kappa shape index (κ1) is 13.9. The number of nitrogens with zero attached hydrogens (tertiary/aromatic N) is 3. The molecule has 0 unspecified atom stereocenters. The Hall–Kier alpha value is -2.48. The highest BCUT2D eigenvalue weighted by Gasteiger charge is 2.02. The Bertz CT molecular complexity index is 568. The van der Waals surface area contributed by atoms with Gasteiger partial charge in [0.2, 0.25) is 0 Å². The fourth-order valence-corrected chi connectivity index (χ4v) is 1.92. The van der Waals surface area contributed by atoms with Gasteiger partial charge in [0, 0.05) is 24.6 Å². The second kappa shape index (κ2) is 7.19. The second-order valence-corrected chi connectivity index (χ2v) is 4.36. The molecule has 0 saturated heterocycles. The van der Waals surface area contributed by atoms with Crippen LogP contribution < -0.4 is 10.1 Å². The Balaban J connectivity index is 1.90. The Labute approximate surface area is 118 Å². The van der Waals surface area contributed by atoms with Crippen molar-refractivity contribution in [3.8, 4) is 11.8 Å². The quantitative estimate of drug-likeness (QED) is 0.840. The molecule has 104 valence electrons. The van der Waals surface area contributed by atoms with Crippen LogP contribution in [0.5, 0.6) is 5.75 Å². The summed E-state index contributed by atoms with van der Waals surface area (Å²) >= 11 is 0. The summed E-state index contributed by atoms with van der Waals surface area (Å²) in [4.78, 5) is 4.35. The highest BCUT2D eigenvalue weighted by Crippen LogP contribution is 2.16. The highest BCUT2D eigenvalue weighted by molar-refractivity contribution is 5.46. The Morgan fingerprint density at radius 3 is 2.85 bits per heavy atom. The molecule has 0 saturated carbocycles. The summed E-state index contributed by atoms with van der Waals surface area (Å²) in [6, 6.07) is 9.50. The second-order valence-electron chi connectivity index (χ2n) is 4.36. The molecule has 5 nitrogen and oxygen atoms in total. The van der Waals surface area contributed by atoms with Crippen LogP contribution in [0.15, 0.2) is 36.7 Å². The van der Waals surface area contributed by atoms with Crippen molar-refractivity contribution in [2.75, 3.05) is 11.9 Å². The van der Waals surface area contributed by atoms with Gasteiger partial charge in [-0.1, -0.05) is 6.92 Å². The maximum absolute atomic E-state index is 8.45. The number of hydrogen-bond acceptors (Lipinski definition) is 4. The largest absolute Gasteiger partial charge is 0.479 e. The number of aryl methyl sites for hydroxylation is 1. The normalized spacial score (nSPS) is 10.0. The van der Waals surface area contributed by atoms with E-state index in [1.54, 1.807) is 0 Å². The Morgan fingerprint density at radius 1 is 1.35 bits per heavy atom. The SMILES string of the molecule is CCCn1ccnc1CNc1ccc(OCC#N)cc1. The van der Waals surface area contributed by atoms with Crippen LogP contribution in [0.4, 0.5) is 5.69 Å². The topological polar surface area (TPSA) is 62.9 Å². The molecule has 2 rings (SSSR count). The lowest BCUT2D eigenvalue weighted by Gasteiger charge is -2.09. The first-order chi connectivity index (χ1) is 9.83. The summed E-state index contributed by atoms with van der Waals surface area (Å²) in [6.07, 6.45) is 4.92. The zero-order chi connectivity index (χ0) is 14.2. The zero-order valence-electron chi connectivity index (χ0n) is 11.5. The molecule has 2 aromatic rings. The Kier molecular flexibility index (Phi) is 5.01. The molecule has 0 radical (unpaired) electrons. The van der Waals surface area contributed by atoms with Crippen LogP contribution in [0.1, 0.15) is 19.2 Å². The number of benzene rings is 1. The summed E-state index contributed by atoms with van der Waals surface area (Å²) < 4.78 is 7.36. The van der Waals surface area contributed by atoms with Crippen LogP contribution in [0.3, 0.4) is 0 Å². The molecule has 1 heterocycles. The van der Waals surface area contributed by atoms with Crippen LogP contribution >= 0.6 is 0 Å². The van der Waals surface area contributed by atoms with Gasteiger partial charge >= 0.3 is 0 Å². The minimum atomic E-state index is 0.0707. The van der Waals surface area contributed by atoms with Gasteiger partial charge in [0.05, 0.1) is 6.54 Å². The van der Waals surface area contributed by atoms with Gasteiger partial charge in [-0.3, -0.25) is 0 Å². The van der Waals surface area contributed by atoms with Crippen molar-refractivity contribution in [3.05, 3.63) is 42.5 Å². The lowest BCUT2D eigenvalue weighted by Crippen LogP contribution is -2.08. The first-order valence-corrected chi connectivity index (χ1v) is 6.67. The molecule has 0 aliphatic carbocycles. The predicted octanol–water partition coefficient (Wildman–Crippen LogP) is 2.81. The van der Waals surface area contributed by atoms with Crippen molar-refractivity contribution in [1.82, 2.24) is 9.55 Å². The van der Waals surface area contributed by atoms with Gasteiger partial charge in [0.25, 0.3) is 0 Å². The predicted molar refractivity (Wildman–Crippen MR) is 77.4 cm³/mol. The molecule has 0 bridgehead atoms. The van der Waals surface area contributed by atoms with E-state index in [0.29, 0.717) is 12.3 Å². The van der Waals surface area contributed by atoms with E-state index in [4.69, 9.17) is 10.00 Å². The summed E-state index contributed by atoms with van der Waals surface area (Å²) in [5.74, 6) is 1.72. The van der Waals surface area contributed by atoms with E-state index in [0.717, 1.165) is 24.5 Å². The van der Waals surface area contributed by atoms with Gasteiger partial charge in [-0.2, -0.15) is 5.26 Å². The standard InChI is InChI=1S/C15H18N4O/c1-2-9-19-10-8-17-15(19)12-18-13-3-5-14(6-4-13)20-11-7-16/h3-6,8,10,18H,2,9,11-12H2,1H3. The average Bonchev–Trinajstić information content (AvgIpc) is 2.92. The maximum atomic E-state index is 8.45. The van der Waals surface area contributed by atoms with Crippen LogP contribution in [-0.2, 0) is 13.1 Å². The molecular formula is C15H18N4O. The van der Waals surface area contributed by atoms with E-state index in [2.05, 4.69) is 21.8 Å². The molecule has 5 heteroatoms. The number of nitriles is 1. The van der Waals surface area contributed by atoms with E-state index < -0.39 is 0 Å². The Morgan fingerprint density at radius 2 is 2.15 bits per heavy atom. The first-order valence-electron chi connectivity index (χ1n) is 6.67. The van der Waals surface area contributed by atoms with Crippen LogP contribution in [0.2, 0.25) is 0 Å². The molecule has 0 atom stereocenters. The molecule has 0 amide bonds. The maximum Gasteiger partial charge on any atom is 0.174 e. The van der Waals surface area contributed by atoms with Gasteiger partial charge in [0.15, 0.2) is 6.61 Å².